The largest absolute Gasteiger partial charge is 0.238 e. The molecule has 0 spiro atoms. The molecule has 0 atom stereocenters. The molecule has 2 heterocycles. The number of benzene rings is 7. The molecular weight excluding hydrogens is 641 g/mol. The maximum Gasteiger partial charge on any atom is 0.187 e. The van der Waals surface area contributed by atoms with Gasteiger partial charge in [-0.3, -0.25) is 0 Å². The molecule has 0 saturated heterocycles. The summed E-state index contributed by atoms with van der Waals surface area (Å²) in [6.45, 7) is 7.48. The Labute approximate surface area is 299 Å². The summed E-state index contributed by atoms with van der Waals surface area (Å²) in [4.78, 5) is 18.9. The van der Waals surface area contributed by atoms with E-state index in [1.165, 1.54) is 15.5 Å². The SMILES string of the molecule is [C-]#[N+]c1ccc(-c2cc(-c3nc(-c4ccc(-c5ccccc5)cc4)nc(-c4ccc(-c5ccccc5)cc4)n3)cc3sc4ccccc4c23)cc1. The monoisotopic (exact) mass is 668 g/mol. The lowest BCUT2D eigenvalue weighted by molar-refractivity contribution is 1.07. The zero-order valence-corrected chi connectivity index (χ0v) is 28.2. The lowest BCUT2D eigenvalue weighted by Crippen LogP contribution is -2.00. The van der Waals surface area contributed by atoms with E-state index >= 15 is 0 Å². The van der Waals surface area contributed by atoms with Crippen LogP contribution in [0.5, 0.6) is 0 Å². The minimum atomic E-state index is 0.604. The van der Waals surface area contributed by atoms with Crippen LogP contribution in [0.3, 0.4) is 0 Å². The van der Waals surface area contributed by atoms with Crippen LogP contribution in [0, 0.1) is 6.57 Å². The highest BCUT2D eigenvalue weighted by Crippen LogP contribution is 2.43. The highest BCUT2D eigenvalue weighted by atomic mass is 32.1. The third kappa shape index (κ3) is 5.84. The van der Waals surface area contributed by atoms with Crippen LogP contribution in [0.25, 0.3) is 92.6 Å². The van der Waals surface area contributed by atoms with Crippen molar-refractivity contribution in [1.82, 2.24) is 15.0 Å². The number of hydrogen-bond acceptors (Lipinski definition) is 4. The molecule has 0 aliphatic carbocycles. The molecule has 0 bridgehead atoms. The van der Waals surface area contributed by atoms with Crippen LogP contribution in [0.1, 0.15) is 0 Å². The zero-order chi connectivity index (χ0) is 34.1. The zero-order valence-electron chi connectivity index (χ0n) is 27.4. The number of hydrogen-bond donors (Lipinski definition) is 0. The maximum atomic E-state index is 7.48. The van der Waals surface area contributed by atoms with Gasteiger partial charge in [0.25, 0.3) is 0 Å². The van der Waals surface area contributed by atoms with Crippen LogP contribution in [0.4, 0.5) is 5.69 Å². The molecule has 0 saturated carbocycles. The summed E-state index contributed by atoms with van der Waals surface area (Å²) >= 11 is 1.77. The molecule has 9 aromatic rings. The molecule has 7 aromatic carbocycles. The van der Waals surface area contributed by atoms with E-state index in [0.29, 0.717) is 23.2 Å². The van der Waals surface area contributed by atoms with E-state index in [0.717, 1.165) is 54.8 Å². The lowest BCUT2D eigenvalue weighted by Gasteiger charge is -2.12. The van der Waals surface area contributed by atoms with Crippen LogP contribution in [-0.4, -0.2) is 15.0 Å². The van der Waals surface area contributed by atoms with Crippen molar-refractivity contribution >= 4 is 37.2 Å². The molecule has 0 aliphatic heterocycles. The Morgan fingerprint density at radius 2 is 0.843 bits per heavy atom. The highest BCUT2D eigenvalue weighted by Gasteiger charge is 2.18. The van der Waals surface area contributed by atoms with Gasteiger partial charge >= 0.3 is 0 Å². The van der Waals surface area contributed by atoms with Crippen molar-refractivity contribution in [2.24, 2.45) is 0 Å². The Balaban J connectivity index is 1.22. The van der Waals surface area contributed by atoms with Crippen LogP contribution in [0.2, 0.25) is 0 Å². The van der Waals surface area contributed by atoms with Gasteiger partial charge in [0.1, 0.15) is 0 Å². The molecule has 5 heteroatoms. The fraction of sp³-hybridized carbons (Fsp3) is 0. The van der Waals surface area contributed by atoms with Crippen LogP contribution in [0.15, 0.2) is 170 Å². The van der Waals surface area contributed by atoms with Crippen molar-refractivity contribution in [3.8, 4) is 67.5 Å². The van der Waals surface area contributed by atoms with Gasteiger partial charge in [-0.1, -0.05) is 152 Å². The fourth-order valence-electron chi connectivity index (χ4n) is 6.57. The van der Waals surface area contributed by atoms with E-state index in [1.807, 2.05) is 36.4 Å². The van der Waals surface area contributed by atoms with Gasteiger partial charge < -0.3 is 0 Å². The molecule has 51 heavy (non-hydrogen) atoms. The second kappa shape index (κ2) is 12.9. The third-order valence-corrected chi connectivity index (χ3v) is 10.3. The van der Waals surface area contributed by atoms with E-state index in [9.17, 15) is 0 Å². The average molecular weight is 669 g/mol. The molecule has 0 unspecified atom stereocenters. The van der Waals surface area contributed by atoms with E-state index in [2.05, 4.69) is 138 Å². The number of rotatable bonds is 6. The Hall–Kier alpha value is -6.74. The topological polar surface area (TPSA) is 43.0 Å². The Kier molecular flexibility index (Phi) is 7.70. The molecule has 0 fully saturated rings. The minimum Gasteiger partial charge on any atom is -0.238 e. The standard InChI is InChI=1S/C46H28N4S/c1-47-38-26-24-34(25-27-38)40-28-37(29-42-43(40)39-14-8-9-15-41(39)51-42)46-49-44(35-20-16-32(17-21-35)30-10-4-2-5-11-30)48-45(50-46)36-22-18-33(19-23-36)31-12-6-3-7-13-31/h2-29H. The Morgan fingerprint density at radius 3 is 1.39 bits per heavy atom. The molecule has 0 N–H and O–H groups in total. The van der Waals surface area contributed by atoms with E-state index in [4.69, 9.17) is 21.5 Å². The first-order valence-electron chi connectivity index (χ1n) is 16.7. The van der Waals surface area contributed by atoms with Crippen LogP contribution >= 0.6 is 11.3 Å². The van der Waals surface area contributed by atoms with Crippen molar-refractivity contribution in [3.05, 3.63) is 181 Å². The number of aromatic nitrogens is 3. The summed E-state index contributed by atoms with van der Waals surface area (Å²) in [5.41, 5.74) is 10.1. The van der Waals surface area contributed by atoms with Crippen molar-refractivity contribution in [1.29, 1.82) is 0 Å². The van der Waals surface area contributed by atoms with E-state index in [1.54, 1.807) is 11.3 Å². The second-order valence-corrected chi connectivity index (χ2v) is 13.4. The van der Waals surface area contributed by atoms with E-state index < -0.39 is 0 Å². The molecule has 0 aliphatic rings. The minimum absolute atomic E-state index is 0.604. The first kappa shape index (κ1) is 30.3. The molecule has 0 radical (unpaired) electrons. The quantitative estimate of drug-likeness (QED) is 0.166. The second-order valence-electron chi connectivity index (χ2n) is 12.3. The predicted octanol–water partition coefficient (Wildman–Crippen LogP) is 12.8. The number of thiophene rings is 1. The molecule has 9 rings (SSSR count). The maximum absolute atomic E-state index is 7.48. The molecule has 0 amide bonds. The number of nitrogens with zero attached hydrogens (tertiary/aromatic N) is 4. The van der Waals surface area contributed by atoms with Gasteiger partial charge in [0.2, 0.25) is 0 Å². The third-order valence-electron chi connectivity index (χ3n) is 9.18. The van der Waals surface area contributed by atoms with Gasteiger partial charge in [-0.05, 0) is 51.6 Å². The Morgan fingerprint density at radius 1 is 0.392 bits per heavy atom. The smallest absolute Gasteiger partial charge is 0.187 e. The van der Waals surface area contributed by atoms with Crippen molar-refractivity contribution < 1.29 is 0 Å². The van der Waals surface area contributed by atoms with Gasteiger partial charge in [0.05, 0.1) is 6.57 Å². The van der Waals surface area contributed by atoms with E-state index in [-0.39, 0.29) is 0 Å². The molecule has 2 aromatic heterocycles. The predicted molar refractivity (Wildman–Crippen MR) is 212 cm³/mol. The van der Waals surface area contributed by atoms with Gasteiger partial charge in [-0.15, -0.1) is 11.3 Å². The van der Waals surface area contributed by atoms with Crippen molar-refractivity contribution in [3.63, 3.8) is 0 Å². The van der Waals surface area contributed by atoms with Gasteiger partial charge in [-0.25, -0.2) is 19.8 Å². The Bertz CT molecular complexity index is 2610. The summed E-state index contributed by atoms with van der Waals surface area (Å²) in [5.74, 6) is 1.83. The van der Waals surface area contributed by atoms with Crippen LogP contribution < -0.4 is 0 Å². The van der Waals surface area contributed by atoms with Gasteiger partial charge in [-0.2, -0.15) is 0 Å². The summed E-state index contributed by atoms with van der Waals surface area (Å²) in [7, 11) is 0. The summed E-state index contributed by atoms with van der Waals surface area (Å²) in [5, 5.41) is 2.40. The number of fused-ring (bicyclic) bond motifs is 3. The highest BCUT2D eigenvalue weighted by molar-refractivity contribution is 7.26. The van der Waals surface area contributed by atoms with Crippen LogP contribution in [-0.2, 0) is 0 Å². The van der Waals surface area contributed by atoms with Crippen molar-refractivity contribution in [2.45, 2.75) is 0 Å². The molecular formula is C46H28N4S. The fourth-order valence-corrected chi connectivity index (χ4v) is 7.75. The van der Waals surface area contributed by atoms with Crippen molar-refractivity contribution in [2.75, 3.05) is 0 Å². The lowest BCUT2D eigenvalue weighted by atomic mass is 9.96. The molecule has 4 nitrogen and oxygen atoms in total. The summed E-state index contributed by atoms with van der Waals surface area (Å²) in [6.07, 6.45) is 0. The normalized spacial score (nSPS) is 11.1. The first-order valence-corrected chi connectivity index (χ1v) is 17.5. The summed E-state index contributed by atoms with van der Waals surface area (Å²) in [6, 6.07) is 58.3. The van der Waals surface area contributed by atoms with Gasteiger partial charge in [0.15, 0.2) is 23.2 Å². The molecule has 238 valence electrons. The first-order chi connectivity index (χ1) is 25.2. The average Bonchev–Trinajstić information content (AvgIpc) is 3.60. The summed E-state index contributed by atoms with van der Waals surface area (Å²) < 4.78 is 2.37. The van der Waals surface area contributed by atoms with Gasteiger partial charge in [0, 0.05) is 36.9 Å².